The van der Waals surface area contributed by atoms with Gasteiger partial charge in [-0.3, -0.25) is 4.90 Å². The molecule has 0 saturated carbocycles. The Morgan fingerprint density at radius 1 is 1.13 bits per heavy atom. The summed E-state index contributed by atoms with van der Waals surface area (Å²) in [5.74, 6) is 0.844. The number of para-hydroxylation sites is 1. The largest absolute Gasteiger partial charge is 0.491 e. The zero-order valence-electron chi connectivity index (χ0n) is 14.5. The van der Waals surface area contributed by atoms with Crippen LogP contribution < -0.4 is 4.74 Å². The molecule has 3 nitrogen and oxygen atoms in total. The molecule has 2 aromatic rings. The average Bonchev–Trinajstić information content (AvgIpc) is 2.91. The number of benzene rings is 1. The van der Waals surface area contributed by atoms with Gasteiger partial charge in [0.1, 0.15) is 18.5 Å². The summed E-state index contributed by atoms with van der Waals surface area (Å²) in [7, 11) is 0. The van der Waals surface area contributed by atoms with Crippen molar-refractivity contribution in [3.8, 4) is 5.75 Å². The third kappa shape index (κ3) is 5.65. The monoisotopic (exact) mass is 333 g/mol. The van der Waals surface area contributed by atoms with E-state index in [2.05, 4.69) is 37.8 Å². The van der Waals surface area contributed by atoms with Crippen LogP contribution in [0.2, 0.25) is 0 Å². The number of aliphatic hydroxyl groups excluding tert-OH is 1. The van der Waals surface area contributed by atoms with E-state index in [1.54, 1.807) is 0 Å². The van der Waals surface area contributed by atoms with Crippen LogP contribution in [-0.4, -0.2) is 35.3 Å². The van der Waals surface area contributed by atoms with E-state index < -0.39 is 6.10 Å². The number of hydrogen-bond acceptors (Lipinski definition) is 4. The second kappa shape index (κ2) is 8.48. The van der Waals surface area contributed by atoms with Crippen molar-refractivity contribution in [2.45, 2.75) is 46.4 Å². The fourth-order valence-electron chi connectivity index (χ4n) is 2.46. The molecule has 4 heteroatoms. The predicted octanol–water partition coefficient (Wildman–Crippen LogP) is 4.02. The number of aryl methyl sites for hydroxylation is 2. The number of thiophene rings is 1. The van der Waals surface area contributed by atoms with Crippen molar-refractivity contribution in [2.24, 2.45) is 0 Å². The van der Waals surface area contributed by atoms with Gasteiger partial charge in [0.25, 0.3) is 0 Å². The Labute approximate surface area is 143 Å². The van der Waals surface area contributed by atoms with E-state index in [9.17, 15) is 5.11 Å². The van der Waals surface area contributed by atoms with E-state index in [4.69, 9.17) is 4.74 Å². The summed E-state index contributed by atoms with van der Waals surface area (Å²) >= 11 is 1.82. The van der Waals surface area contributed by atoms with Crippen LogP contribution in [0.3, 0.4) is 0 Å². The second-order valence-electron chi connectivity index (χ2n) is 6.27. The molecule has 0 bridgehead atoms. The summed E-state index contributed by atoms with van der Waals surface area (Å²) in [6, 6.07) is 12.6. The Bertz CT molecular complexity index is 609. The predicted molar refractivity (Wildman–Crippen MR) is 97.3 cm³/mol. The van der Waals surface area contributed by atoms with Crippen molar-refractivity contribution in [3.63, 3.8) is 0 Å². The summed E-state index contributed by atoms with van der Waals surface area (Å²) in [5.41, 5.74) is 1.09. The van der Waals surface area contributed by atoms with Gasteiger partial charge in [0.2, 0.25) is 0 Å². The molecule has 0 spiro atoms. The van der Waals surface area contributed by atoms with Crippen LogP contribution in [0, 0.1) is 13.8 Å². The van der Waals surface area contributed by atoms with Crippen molar-refractivity contribution >= 4 is 11.3 Å². The molecule has 1 aromatic heterocycles. The van der Waals surface area contributed by atoms with E-state index in [0.29, 0.717) is 19.2 Å². The molecule has 0 radical (unpaired) electrons. The molecule has 1 N–H and O–H groups in total. The number of nitrogens with zero attached hydrogens (tertiary/aromatic N) is 1. The first-order valence-corrected chi connectivity index (χ1v) is 8.93. The number of hydrogen-bond donors (Lipinski definition) is 1. The smallest absolute Gasteiger partial charge is 0.122 e. The first-order valence-electron chi connectivity index (χ1n) is 8.11. The van der Waals surface area contributed by atoms with Crippen LogP contribution in [0.5, 0.6) is 5.75 Å². The highest BCUT2D eigenvalue weighted by Gasteiger charge is 2.16. The minimum atomic E-state index is -0.502. The number of rotatable bonds is 8. The molecule has 0 aliphatic heterocycles. The van der Waals surface area contributed by atoms with Gasteiger partial charge in [0.15, 0.2) is 0 Å². The molecule has 0 fully saturated rings. The molecule has 0 aliphatic rings. The third-order valence-electron chi connectivity index (χ3n) is 3.86. The lowest BCUT2D eigenvalue weighted by atomic mass is 10.2. The van der Waals surface area contributed by atoms with E-state index in [1.165, 1.54) is 9.75 Å². The zero-order chi connectivity index (χ0) is 16.8. The van der Waals surface area contributed by atoms with Gasteiger partial charge in [-0.05, 0) is 51.5 Å². The van der Waals surface area contributed by atoms with E-state index in [0.717, 1.165) is 17.9 Å². The van der Waals surface area contributed by atoms with Gasteiger partial charge in [0, 0.05) is 28.9 Å². The van der Waals surface area contributed by atoms with Gasteiger partial charge in [0.05, 0.1) is 0 Å². The maximum atomic E-state index is 10.3. The molecule has 0 amide bonds. The van der Waals surface area contributed by atoms with Gasteiger partial charge in [-0.1, -0.05) is 18.2 Å². The lowest BCUT2D eigenvalue weighted by molar-refractivity contribution is 0.0545. The van der Waals surface area contributed by atoms with E-state index >= 15 is 0 Å². The Kier molecular flexibility index (Phi) is 6.63. The Hall–Kier alpha value is -1.36. The van der Waals surface area contributed by atoms with Gasteiger partial charge < -0.3 is 9.84 Å². The normalized spacial score (nSPS) is 12.8. The van der Waals surface area contributed by atoms with Crippen molar-refractivity contribution in [1.82, 2.24) is 4.90 Å². The summed E-state index contributed by atoms with van der Waals surface area (Å²) in [4.78, 5) is 4.95. The van der Waals surface area contributed by atoms with Crippen LogP contribution in [-0.2, 0) is 6.54 Å². The molecule has 1 heterocycles. The molecule has 23 heavy (non-hydrogen) atoms. The zero-order valence-corrected chi connectivity index (χ0v) is 15.3. The van der Waals surface area contributed by atoms with Gasteiger partial charge in [-0.2, -0.15) is 0 Å². The topological polar surface area (TPSA) is 32.7 Å². The van der Waals surface area contributed by atoms with Crippen LogP contribution >= 0.6 is 11.3 Å². The van der Waals surface area contributed by atoms with Crippen molar-refractivity contribution in [2.75, 3.05) is 13.2 Å². The maximum absolute atomic E-state index is 10.3. The first kappa shape index (κ1) is 18.0. The lowest BCUT2D eigenvalue weighted by Crippen LogP contribution is -2.39. The molecular weight excluding hydrogens is 306 g/mol. The standard InChI is InChI=1S/C19H27NO2S/c1-14(2)20(12-18-10-9-16(4)23-18)11-17(21)13-22-19-8-6-5-7-15(19)3/h5-10,14,17,21H,11-13H2,1-4H3. The fourth-order valence-corrected chi connectivity index (χ4v) is 3.37. The third-order valence-corrected chi connectivity index (χ3v) is 4.84. The van der Waals surface area contributed by atoms with Crippen LogP contribution in [0.1, 0.15) is 29.2 Å². The van der Waals surface area contributed by atoms with Crippen molar-refractivity contribution in [3.05, 3.63) is 51.7 Å². The fraction of sp³-hybridized carbons (Fsp3) is 0.474. The van der Waals surface area contributed by atoms with Crippen molar-refractivity contribution in [1.29, 1.82) is 0 Å². The molecule has 1 unspecified atom stereocenters. The lowest BCUT2D eigenvalue weighted by Gasteiger charge is -2.28. The minimum Gasteiger partial charge on any atom is -0.491 e. The molecule has 126 valence electrons. The second-order valence-corrected chi connectivity index (χ2v) is 7.64. The van der Waals surface area contributed by atoms with Gasteiger partial charge in [-0.15, -0.1) is 11.3 Å². The SMILES string of the molecule is Cc1ccc(CN(CC(O)COc2ccccc2C)C(C)C)s1. The Balaban J connectivity index is 1.87. The summed E-state index contributed by atoms with van der Waals surface area (Å²) in [6.45, 7) is 10.3. The highest BCUT2D eigenvalue weighted by molar-refractivity contribution is 7.11. The van der Waals surface area contributed by atoms with Crippen LogP contribution in [0.15, 0.2) is 36.4 Å². The quantitative estimate of drug-likeness (QED) is 0.792. The molecule has 1 atom stereocenters. The van der Waals surface area contributed by atoms with Crippen LogP contribution in [0.25, 0.3) is 0 Å². The average molecular weight is 333 g/mol. The maximum Gasteiger partial charge on any atom is 0.122 e. The molecule has 0 aliphatic carbocycles. The summed E-state index contributed by atoms with van der Waals surface area (Å²) in [6.07, 6.45) is -0.502. The molecule has 0 saturated heterocycles. The Morgan fingerprint density at radius 2 is 1.87 bits per heavy atom. The molecular formula is C19H27NO2S. The Morgan fingerprint density at radius 3 is 2.48 bits per heavy atom. The highest BCUT2D eigenvalue weighted by atomic mass is 32.1. The molecule has 1 aromatic carbocycles. The number of aliphatic hydroxyl groups is 1. The number of ether oxygens (including phenoxy) is 1. The first-order chi connectivity index (χ1) is 11.0. The van der Waals surface area contributed by atoms with Gasteiger partial charge in [-0.25, -0.2) is 0 Å². The summed E-state index contributed by atoms with van der Waals surface area (Å²) < 4.78 is 5.76. The van der Waals surface area contributed by atoms with E-state index in [1.807, 2.05) is 42.5 Å². The van der Waals surface area contributed by atoms with Crippen LogP contribution in [0.4, 0.5) is 0 Å². The molecule has 2 rings (SSSR count). The van der Waals surface area contributed by atoms with Crippen molar-refractivity contribution < 1.29 is 9.84 Å². The highest BCUT2D eigenvalue weighted by Crippen LogP contribution is 2.19. The summed E-state index contributed by atoms with van der Waals surface area (Å²) in [5, 5.41) is 10.3. The minimum absolute atomic E-state index is 0.317. The van der Waals surface area contributed by atoms with E-state index in [-0.39, 0.29) is 0 Å². The van der Waals surface area contributed by atoms with Gasteiger partial charge >= 0.3 is 0 Å².